The van der Waals surface area contributed by atoms with Gasteiger partial charge in [0.05, 0.1) is 11.9 Å². The topological polar surface area (TPSA) is 77.0 Å². The first-order chi connectivity index (χ1) is 9.80. The quantitative estimate of drug-likeness (QED) is 0.906. The predicted molar refractivity (Wildman–Crippen MR) is 79.2 cm³/mol. The summed E-state index contributed by atoms with van der Waals surface area (Å²) in [6.07, 6.45) is 5.18. The van der Waals surface area contributed by atoms with Gasteiger partial charge in [0, 0.05) is 19.1 Å². The smallest absolute Gasteiger partial charge is 0.244 e. The zero-order chi connectivity index (χ0) is 15.3. The summed E-state index contributed by atoms with van der Waals surface area (Å²) in [5.74, 6) is 0.148. The van der Waals surface area contributed by atoms with Crippen LogP contribution in [0.1, 0.15) is 45.7 Å². The number of aromatic nitrogens is 3. The molecule has 1 aliphatic heterocycles. The Morgan fingerprint density at radius 2 is 2.19 bits per heavy atom. The number of likely N-dealkylation sites (tertiary alicyclic amines) is 1. The molecule has 6 heteroatoms. The number of carbonyl (C=O) groups excluding carboxylic acids is 1. The Morgan fingerprint density at radius 1 is 1.43 bits per heavy atom. The first kappa shape index (κ1) is 14.5. The molecule has 2 fully saturated rings. The minimum Gasteiger partial charge on any atom is -0.338 e. The molecule has 2 unspecified atom stereocenters. The van der Waals surface area contributed by atoms with Gasteiger partial charge in [-0.25, -0.2) is 4.68 Å². The Bertz CT molecular complexity index is 552. The summed E-state index contributed by atoms with van der Waals surface area (Å²) in [6.45, 7) is 8.44. The van der Waals surface area contributed by atoms with Gasteiger partial charge in [-0.15, -0.1) is 5.10 Å². The lowest BCUT2D eigenvalue weighted by Crippen LogP contribution is -2.39. The van der Waals surface area contributed by atoms with E-state index in [4.69, 9.17) is 5.73 Å². The maximum absolute atomic E-state index is 12.6. The molecular formula is C15H25N5O. The van der Waals surface area contributed by atoms with Crippen molar-refractivity contribution in [3.8, 4) is 0 Å². The molecule has 0 spiro atoms. The van der Waals surface area contributed by atoms with Crippen molar-refractivity contribution in [2.45, 2.75) is 59.2 Å². The van der Waals surface area contributed by atoms with Gasteiger partial charge in [-0.3, -0.25) is 4.79 Å². The Balaban J connectivity index is 1.71. The number of rotatable bonds is 3. The van der Waals surface area contributed by atoms with Crippen LogP contribution in [0.25, 0.3) is 0 Å². The van der Waals surface area contributed by atoms with Gasteiger partial charge in [0.15, 0.2) is 0 Å². The highest BCUT2D eigenvalue weighted by molar-refractivity contribution is 5.76. The number of carbonyl (C=O) groups is 1. The maximum atomic E-state index is 12.6. The predicted octanol–water partition coefficient (Wildman–Crippen LogP) is 1.16. The van der Waals surface area contributed by atoms with E-state index < -0.39 is 0 Å². The molecule has 1 aromatic rings. The third-order valence-corrected chi connectivity index (χ3v) is 4.83. The third kappa shape index (κ3) is 2.81. The first-order valence-electron chi connectivity index (χ1n) is 7.69. The lowest BCUT2D eigenvalue weighted by Gasteiger charge is -2.39. The van der Waals surface area contributed by atoms with E-state index in [-0.39, 0.29) is 17.9 Å². The molecule has 1 saturated carbocycles. The van der Waals surface area contributed by atoms with Crippen LogP contribution in [-0.2, 0) is 17.9 Å². The molecule has 0 aromatic carbocycles. The summed E-state index contributed by atoms with van der Waals surface area (Å²) in [5.41, 5.74) is 6.84. The van der Waals surface area contributed by atoms with E-state index in [1.807, 2.05) is 0 Å². The highest BCUT2D eigenvalue weighted by Gasteiger charge is 2.50. The van der Waals surface area contributed by atoms with Gasteiger partial charge in [0.2, 0.25) is 5.91 Å². The van der Waals surface area contributed by atoms with E-state index >= 15 is 0 Å². The van der Waals surface area contributed by atoms with E-state index in [0.717, 1.165) is 25.1 Å². The molecule has 2 heterocycles. The molecule has 1 aromatic heterocycles. The summed E-state index contributed by atoms with van der Waals surface area (Å²) >= 11 is 0. The van der Waals surface area contributed by atoms with Crippen LogP contribution in [0.2, 0.25) is 0 Å². The van der Waals surface area contributed by atoms with Crippen LogP contribution in [0.15, 0.2) is 6.20 Å². The fraction of sp³-hybridized carbons (Fsp3) is 0.800. The second kappa shape index (κ2) is 4.80. The minimum atomic E-state index is 0.148. The van der Waals surface area contributed by atoms with Crippen LogP contribution in [0.3, 0.4) is 0 Å². The third-order valence-electron chi connectivity index (χ3n) is 4.83. The maximum Gasteiger partial charge on any atom is 0.244 e. The number of hydrogen-bond donors (Lipinski definition) is 1. The van der Waals surface area contributed by atoms with Crippen LogP contribution in [0, 0.1) is 10.8 Å². The molecule has 6 nitrogen and oxygen atoms in total. The minimum absolute atomic E-state index is 0.148. The summed E-state index contributed by atoms with van der Waals surface area (Å²) in [4.78, 5) is 14.7. The van der Waals surface area contributed by atoms with Gasteiger partial charge in [0.1, 0.15) is 6.54 Å². The van der Waals surface area contributed by atoms with Crippen molar-refractivity contribution in [2.24, 2.45) is 16.6 Å². The molecule has 1 saturated heterocycles. The molecular weight excluding hydrogens is 266 g/mol. The first-order valence-corrected chi connectivity index (χ1v) is 7.69. The second-order valence-electron chi connectivity index (χ2n) is 7.85. The van der Waals surface area contributed by atoms with Gasteiger partial charge >= 0.3 is 0 Å². The van der Waals surface area contributed by atoms with Gasteiger partial charge in [-0.2, -0.15) is 0 Å². The van der Waals surface area contributed by atoms with Crippen molar-refractivity contribution in [3.63, 3.8) is 0 Å². The van der Waals surface area contributed by atoms with Gasteiger partial charge < -0.3 is 10.6 Å². The molecule has 2 bridgehead atoms. The lowest BCUT2D eigenvalue weighted by molar-refractivity contribution is -0.133. The molecule has 2 aliphatic rings. The highest BCUT2D eigenvalue weighted by Crippen LogP contribution is 2.52. The zero-order valence-electron chi connectivity index (χ0n) is 13.2. The summed E-state index contributed by atoms with van der Waals surface area (Å²) in [5, 5.41) is 7.90. The number of hydrogen-bond acceptors (Lipinski definition) is 4. The van der Waals surface area contributed by atoms with Crippen molar-refractivity contribution >= 4 is 5.91 Å². The largest absolute Gasteiger partial charge is 0.338 e. The van der Waals surface area contributed by atoms with Crippen LogP contribution in [0.4, 0.5) is 0 Å². The van der Waals surface area contributed by atoms with E-state index in [1.165, 1.54) is 6.42 Å². The summed E-state index contributed by atoms with van der Waals surface area (Å²) in [6, 6.07) is 0.378. The monoisotopic (exact) mass is 291 g/mol. The average molecular weight is 291 g/mol. The molecule has 1 aliphatic carbocycles. The molecule has 2 N–H and O–H groups in total. The van der Waals surface area contributed by atoms with Crippen molar-refractivity contribution < 1.29 is 4.79 Å². The molecule has 2 atom stereocenters. The van der Waals surface area contributed by atoms with Crippen LogP contribution in [-0.4, -0.2) is 38.4 Å². The van der Waals surface area contributed by atoms with Crippen LogP contribution in [0.5, 0.6) is 0 Å². The fourth-order valence-electron chi connectivity index (χ4n) is 4.49. The second-order valence-corrected chi connectivity index (χ2v) is 7.85. The van der Waals surface area contributed by atoms with E-state index in [1.54, 1.807) is 10.9 Å². The van der Waals surface area contributed by atoms with Crippen LogP contribution >= 0.6 is 0 Å². The number of nitrogens with zero attached hydrogens (tertiary/aromatic N) is 4. The molecule has 3 rings (SSSR count). The SMILES string of the molecule is CC1(C)CC2CC(C)(CN2C(=O)Cn2cc(CN)nn2)C1. The molecule has 1 amide bonds. The van der Waals surface area contributed by atoms with E-state index in [9.17, 15) is 4.79 Å². The number of fused-ring (bicyclic) bond motifs is 2. The molecule has 116 valence electrons. The van der Waals surface area contributed by atoms with Gasteiger partial charge in [-0.05, 0) is 30.1 Å². The van der Waals surface area contributed by atoms with Gasteiger partial charge in [0.25, 0.3) is 0 Å². The average Bonchev–Trinajstić information content (AvgIpc) is 2.90. The molecule has 0 radical (unpaired) electrons. The Kier molecular flexibility index (Phi) is 3.31. The number of amides is 1. The Hall–Kier alpha value is -1.43. The van der Waals surface area contributed by atoms with Crippen LogP contribution < -0.4 is 5.73 Å². The Labute approximate surface area is 125 Å². The number of nitrogens with two attached hydrogens (primary N) is 1. The zero-order valence-corrected chi connectivity index (χ0v) is 13.2. The van der Waals surface area contributed by atoms with Crippen molar-refractivity contribution in [3.05, 3.63) is 11.9 Å². The van der Waals surface area contributed by atoms with E-state index in [2.05, 4.69) is 36.0 Å². The van der Waals surface area contributed by atoms with Crippen molar-refractivity contribution in [1.29, 1.82) is 0 Å². The van der Waals surface area contributed by atoms with Crippen molar-refractivity contribution in [2.75, 3.05) is 6.54 Å². The van der Waals surface area contributed by atoms with Gasteiger partial charge in [-0.1, -0.05) is 26.0 Å². The van der Waals surface area contributed by atoms with E-state index in [0.29, 0.717) is 18.0 Å². The summed E-state index contributed by atoms with van der Waals surface area (Å²) in [7, 11) is 0. The van der Waals surface area contributed by atoms with Crippen molar-refractivity contribution in [1.82, 2.24) is 19.9 Å². The Morgan fingerprint density at radius 3 is 2.86 bits per heavy atom. The standard InChI is InChI=1S/C15H25N5O/c1-14(2)4-12-5-15(3,9-14)10-20(12)13(21)8-19-7-11(6-16)17-18-19/h7,12H,4-6,8-10,16H2,1-3H3. The summed E-state index contributed by atoms with van der Waals surface area (Å²) < 4.78 is 1.60. The fourth-order valence-corrected chi connectivity index (χ4v) is 4.49. The highest BCUT2D eigenvalue weighted by atomic mass is 16.2. The normalized spacial score (nSPS) is 30.7. The lowest BCUT2D eigenvalue weighted by atomic mass is 9.65. The molecule has 21 heavy (non-hydrogen) atoms.